The second kappa shape index (κ2) is 10.2. The SMILES string of the molecule is CCOC(=O)CN(C(=O)Cn1cnc2sc(C(=O)OCC)c(C)c2c1=O)c1ccccc1. The third-order valence-electron chi connectivity index (χ3n) is 4.65. The van der Waals surface area contributed by atoms with Crippen LogP contribution in [0.5, 0.6) is 0 Å². The van der Waals surface area contributed by atoms with Crippen molar-refractivity contribution in [3.63, 3.8) is 0 Å². The van der Waals surface area contributed by atoms with Gasteiger partial charge in [-0.15, -0.1) is 11.3 Å². The molecule has 0 atom stereocenters. The summed E-state index contributed by atoms with van der Waals surface area (Å²) in [7, 11) is 0. The second-order valence-corrected chi connectivity index (χ2v) is 7.75. The largest absolute Gasteiger partial charge is 0.465 e. The van der Waals surface area contributed by atoms with E-state index in [4.69, 9.17) is 9.47 Å². The molecule has 2 heterocycles. The van der Waals surface area contributed by atoms with Crippen molar-refractivity contribution in [2.45, 2.75) is 27.3 Å². The number of ether oxygens (including phenoxy) is 2. The first-order valence-electron chi connectivity index (χ1n) is 10.0. The Morgan fingerprint density at radius 3 is 2.44 bits per heavy atom. The Hall–Kier alpha value is -3.53. The van der Waals surface area contributed by atoms with Crippen molar-refractivity contribution in [1.29, 1.82) is 0 Å². The number of carbonyl (C=O) groups is 3. The van der Waals surface area contributed by atoms with Crippen LogP contribution < -0.4 is 10.5 Å². The molecule has 10 heteroatoms. The summed E-state index contributed by atoms with van der Waals surface area (Å²) < 4.78 is 11.2. The van der Waals surface area contributed by atoms with Gasteiger partial charge in [-0.2, -0.15) is 0 Å². The van der Waals surface area contributed by atoms with Crippen LogP contribution >= 0.6 is 11.3 Å². The van der Waals surface area contributed by atoms with Gasteiger partial charge in [-0.05, 0) is 38.5 Å². The van der Waals surface area contributed by atoms with E-state index in [2.05, 4.69) is 4.98 Å². The van der Waals surface area contributed by atoms with Crippen LogP contribution in [0.4, 0.5) is 5.69 Å². The lowest BCUT2D eigenvalue weighted by Gasteiger charge is -2.22. The number of nitrogens with zero attached hydrogens (tertiary/aromatic N) is 3. The lowest BCUT2D eigenvalue weighted by atomic mass is 10.2. The Labute approximate surface area is 188 Å². The van der Waals surface area contributed by atoms with E-state index in [0.29, 0.717) is 21.0 Å². The number of thiophene rings is 1. The number of para-hydroxylation sites is 1. The van der Waals surface area contributed by atoms with Crippen LogP contribution in [0.15, 0.2) is 41.5 Å². The number of rotatable bonds is 8. The maximum absolute atomic E-state index is 13.1. The first-order valence-corrected chi connectivity index (χ1v) is 10.9. The van der Waals surface area contributed by atoms with Gasteiger partial charge in [-0.1, -0.05) is 18.2 Å². The fourth-order valence-electron chi connectivity index (χ4n) is 3.16. The van der Waals surface area contributed by atoms with Gasteiger partial charge in [0.1, 0.15) is 22.8 Å². The average Bonchev–Trinajstić information content (AvgIpc) is 3.12. The maximum atomic E-state index is 13.1. The molecule has 3 rings (SSSR count). The van der Waals surface area contributed by atoms with E-state index in [-0.39, 0.29) is 31.7 Å². The molecular weight excluding hydrogens is 434 g/mol. The van der Waals surface area contributed by atoms with Gasteiger partial charge in [0.15, 0.2) is 0 Å². The number of benzene rings is 1. The molecule has 2 aromatic heterocycles. The van der Waals surface area contributed by atoms with Crippen molar-refractivity contribution >= 4 is 45.1 Å². The van der Waals surface area contributed by atoms with Crippen molar-refractivity contribution in [2.24, 2.45) is 0 Å². The second-order valence-electron chi connectivity index (χ2n) is 6.75. The monoisotopic (exact) mass is 457 g/mol. The van der Waals surface area contributed by atoms with Gasteiger partial charge in [0.05, 0.1) is 24.9 Å². The zero-order chi connectivity index (χ0) is 23.3. The molecule has 0 aliphatic rings. The van der Waals surface area contributed by atoms with Gasteiger partial charge in [-0.25, -0.2) is 9.78 Å². The normalized spacial score (nSPS) is 10.7. The van der Waals surface area contributed by atoms with Crippen molar-refractivity contribution in [1.82, 2.24) is 9.55 Å². The van der Waals surface area contributed by atoms with Crippen LogP contribution in [0, 0.1) is 6.92 Å². The minimum Gasteiger partial charge on any atom is -0.465 e. The summed E-state index contributed by atoms with van der Waals surface area (Å²) >= 11 is 1.08. The molecule has 0 N–H and O–H groups in total. The Bertz CT molecular complexity index is 1200. The zero-order valence-electron chi connectivity index (χ0n) is 18.0. The molecule has 0 fully saturated rings. The maximum Gasteiger partial charge on any atom is 0.348 e. The molecule has 0 unspecified atom stereocenters. The number of amides is 1. The van der Waals surface area contributed by atoms with Crippen LogP contribution in [0.25, 0.3) is 10.2 Å². The van der Waals surface area contributed by atoms with Gasteiger partial charge in [-0.3, -0.25) is 23.9 Å². The molecule has 0 bridgehead atoms. The number of aromatic nitrogens is 2. The molecule has 9 nitrogen and oxygen atoms in total. The highest BCUT2D eigenvalue weighted by atomic mass is 32.1. The van der Waals surface area contributed by atoms with Gasteiger partial charge >= 0.3 is 11.9 Å². The summed E-state index contributed by atoms with van der Waals surface area (Å²) in [6, 6.07) is 8.66. The minimum atomic E-state index is -0.557. The van der Waals surface area contributed by atoms with Crippen LogP contribution in [0.1, 0.15) is 29.1 Å². The Morgan fingerprint density at radius 2 is 1.78 bits per heavy atom. The fraction of sp³-hybridized carbons (Fsp3) is 0.318. The number of aryl methyl sites for hydroxylation is 1. The molecule has 0 saturated carbocycles. The van der Waals surface area contributed by atoms with E-state index in [0.717, 1.165) is 11.3 Å². The third kappa shape index (κ3) is 4.86. The molecule has 1 amide bonds. The Balaban J connectivity index is 1.94. The van der Waals surface area contributed by atoms with Gasteiger partial charge in [0, 0.05) is 5.69 Å². The number of esters is 2. The first kappa shape index (κ1) is 23.1. The molecule has 0 saturated heterocycles. The highest BCUT2D eigenvalue weighted by molar-refractivity contribution is 7.20. The van der Waals surface area contributed by atoms with Gasteiger partial charge < -0.3 is 9.47 Å². The van der Waals surface area contributed by atoms with E-state index in [1.54, 1.807) is 51.1 Å². The highest BCUT2D eigenvalue weighted by Crippen LogP contribution is 2.27. The zero-order valence-corrected chi connectivity index (χ0v) is 18.8. The number of carbonyl (C=O) groups excluding carboxylic acids is 3. The summed E-state index contributed by atoms with van der Waals surface area (Å²) in [6.07, 6.45) is 1.26. The Morgan fingerprint density at radius 1 is 1.09 bits per heavy atom. The summed E-state index contributed by atoms with van der Waals surface area (Å²) in [5.74, 6) is -1.55. The van der Waals surface area contributed by atoms with Gasteiger partial charge in [0.2, 0.25) is 5.91 Å². The summed E-state index contributed by atoms with van der Waals surface area (Å²) in [4.78, 5) is 56.6. The van der Waals surface area contributed by atoms with Crippen LogP contribution in [0.2, 0.25) is 0 Å². The number of anilines is 1. The Kier molecular flexibility index (Phi) is 7.37. The molecule has 0 spiro atoms. The van der Waals surface area contributed by atoms with Crippen LogP contribution in [-0.2, 0) is 25.6 Å². The average molecular weight is 458 g/mol. The lowest BCUT2D eigenvalue weighted by molar-refractivity contribution is -0.142. The molecule has 0 aliphatic carbocycles. The fourth-order valence-corrected chi connectivity index (χ4v) is 4.19. The smallest absolute Gasteiger partial charge is 0.348 e. The number of fused-ring (bicyclic) bond motifs is 1. The summed E-state index contributed by atoms with van der Waals surface area (Å²) in [5.41, 5.74) is 0.523. The third-order valence-corrected chi connectivity index (χ3v) is 5.83. The van der Waals surface area contributed by atoms with Crippen molar-refractivity contribution in [2.75, 3.05) is 24.7 Å². The van der Waals surface area contributed by atoms with Crippen molar-refractivity contribution < 1.29 is 23.9 Å². The predicted molar refractivity (Wildman–Crippen MR) is 120 cm³/mol. The van der Waals surface area contributed by atoms with Gasteiger partial charge in [0.25, 0.3) is 5.56 Å². The summed E-state index contributed by atoms with van der Waals surface area (Å²) in [5, 5.41) is 0.269. The number of hydrogen-bond acceptors (Lipinski definition) is 8. The molecule has 1 aromatic carbocycles. The van der Waals surface area contributed by atoms with Crippen LogP contribution in [0.3, 0.4) is 0 Å². The molecule has 32 heavy (non-hydrogen) atoms. The van der Waals surface area contributed by atoms with E-state index < -0.39 is 23.4 Å². The molecule has 168 valence electrons. The summed E-state index contributed by atoms with van der Waals surface area (Å²) in [6.45, 7) is 4.82. The van der Waals surface area contributed by atoms with Crippen molar-refractivity contribution in [3.8, 4) is 0 Å². The van der Waals surface area contributed by atoms with E-state index in [1.807, 2.05) is 0 Å². The molecule has 0 aliphatic heterocycles. The highest BCUT2D eigenvalue weighted by Gasteiger charge is 2.23. The minimum absolute atomic E-state index is 0.190. The molecule has 0 radical (unpaired) electrons. The first-order chi connectivity index (χ1) is 15.4. The topological polar surface area (TPSA) is 108 Å². The van der Waals surface area contributed by atoms with E-state index in [9.17, 15) is 19.2 Å². The molecular formula is C22H23N3O6S. The van der Waals surface area contributed by atoms with Crippen LogP contribution in [-0.4, -0.2) is 47.2 Å². The predicted octanol–water partition coefficient (Wildman–Crippen LogP) is 2.54. The molecule has 3 aromatic rings. The van der Waals surface area contributed by atoms with E-state index in [1.165, 1.54) is 15.8 Å². The number of hydrogen-bond donors (Lipinski definition) is 0. The van der Waals surface area contributed by atoms with Crippen molar-refractivity contribution in [3.05, 3.63) is 57.5 Å². The standard InChI is InChI=1S/C22H23N3O6S/c1-4-30-17(27)12-25(15-9-7-6-8-10-15)16(26)11-24-13-23-20-18(21(24)28)14(3)19(32-20)22(29)31-5-2/h6-10,13H,4-5,11-12H2,1-3H3. The quantitative estimate of drug-likeness (QED) is 0.478. The van der Waals surface area contributed by atoms with E-state index >= 15 is 0 Å². The lowest BCUT2D eigenvalue weighted by Crippen LogP contribution is -2.40.